The van der Waals surface area contributed by atoms with Gasteiger partial charge in [-0.3, -0.25) is 4.79 Å². The molecule has 0 aliphatic heterocycles. The second-order valence-electron chi connectivity index (χ2n) is 5.34. The molecule has 2 aromatic rings. The van der Waals surface area contributed by atoms with Crippen molar-refractivity contribution in [3.8, 4) is 11.3 Å². The van der Waals surface area contributed by atoms with Gasteiger partial charge in [0.25, 0.3) is 0 Å². The summed E-state index contributed by atoms with van der Waals surface area (Å²) in [4.78, 5) is 17.3. The minimum Gasteiger partial charge on any atom is -0.311 e. The molecule has 1 aliphatic carbocycles. The molecule has 0 saturated heterocycles. The zero-order valence-corrected chi connectivity index (χ0v) is 14.4. The minimum absolute atomic E-state index is 0. The highest BCUT2D eigenvalue weighted by Gasteiger charge is 2.15. The summed E-state index contributed by atoms with van der Waals surface area (Å²) in [5.74, 6) is -0.0632. The van der Waals surface area contributed by atoms with Crippen LogP contribution in [-0.4, -0.2) is 24.5 Å². The van der Waals surface area contributed by atoms with E-state index in [9.17, 15) is 4.79 Å². The largest absolute Gasteiger partial charge is 0.311 e. The molecule has 0 fully saturated rings. The van der Waals surface area contributed by atoms with Gasteiger partial charge in [-0.2, -0.15) is 0 Å². The average molecular weight is 338 g/mol. The lowest BCUT2D eigenvalue weighted by atomic mass is 10.0. The van der Waals surface area contributed by atoms with Gasteiger partial charge < -0.3 is 10.6 Å². The van der Waals surface area contributed by atoms with E-state index in [0.717, 1.165) is 22.6 Å². The van der Waals surface area contributed by atoms with Crippen LogP contribution in [0.1, 0.15) is 22.4 Å². The normalized spacial score (nSPS) is 12.6. The summed E-state index contributed by atoms with van der Waals surface area (Å²) in [7, 11) is 1.75. The van der Waals surface area contributed by atoms with E-state index in [1.54, 1.807) is 7.05 Å². The molecule has 3 rings (SSSR count). The van der Waals surface area contributed by atoms with E-state index in [0.29, 0.717) is 11.7 Å². The molecule has 0 radical (unpaired) electrons. The Labute approximate surface area is 140 Å². The number of carbonyl (C=O) groups excluding carboxylic acids is 1. The Balaban J connectivity index is 0.00000176. The Hall–Kier alpha value is -1.43. The molecule has 1 amide bonds. The Bertz CT molecular complexity index is 684. The maximum atomic E-state index is 11.6. The Morgan fingerprint density at radius 3 is 2.86 bits per heavy atom. The monoisotopic (exact) mass is 337 g/mol. The number of halogens is 1. The highest BCUT2D eigenvalue weighted by molar-refractivity contribution is 7.16. The number of benzene rings is 1. The van der Waals surface area contributed by atoms with Gasteiger partial charge in [-0.15, -0.1) is 23.7 Å². The van der Waals surface area contributed by atoms with E-state index >= 15 is 0 Å². The summed E-state index contributed by atoms with van der Waals surface area (Å²) in [6.45, 7) is 2.35. The van der Waals surface area contributed by atoms with E-state index in [2.05, 4.69) is 33.8 Å². The number of rotatable bonds is 4. The first-order chi connectivity index (χ1) is 10.2. The minimum atomic E-state index is -0.0632. The molecule has 0 spiro atoms. The van der Waals surface area contributed by atoms with Crippen LogP contribution in [0.2, 0.25) is 0 Å². The number of aromatic nitrogens is 1. The van der Waals surface area contributed by atoms with Gasteiger partial charge in [0.05, 0.1) is 12.2 Å². The molecule has 0 bridgehead atoms. The van der Waals surface area contributed by atoms with Crippen LogP contribution >= 0.6 is 23.7 Å². The molecule has 118 valence electrons. The fourth-order valence-electron chi connectivity index (χ4n) is 2.76. The summed E-state index contributed by atoms with van der Waals surface area (Å²) in [5, 5.41) is 6.34. The van der Waals surface area contributed by atoms with E-state index < -0.39 is 0 Å². The van der Waals surface area contributed by atoms with Gasteiger partial charge in [0.2, 0.25) is 5.91 Å². The summed E-state index contributed by atoms with van der Waals surface area (Å²) in [5.41, 5.74) is 5.04. The fraction of sp³-hybridized carbons (Fsp3) is 0.375. The first kappa shape index (κ1) is 16.9. The van der Waals surface area contributed by atoms with Gasteiger partial charge in [-0.05, 0) is 50.4 Å². The van der Waals surface area contributed by atoms with Crippen molar-refractivity contribution in [1.29, 1.82) is 0 Å². The van der Waals surface area contributed by atoms with Crippen LogP contribution in [0.15, 0.2) is 18.2 Å². The second-order valence-corrected chi connectivity index (χ2v) is 6.54. The average Bonchev–Trinajstić information content (AvgIpc) is 3.04. The number of amides is 1. The third-order valence-corrected chi connectivity index (χ3v) is 4.64. The van der Waals surface area contributed by atoms with Gasteiger partial charge in [-0.1, -0.05) is 12.1 Å². The number of likely N-dealkylation sites (N-methyl/N-ethyl adjacent to an activating group) is 1. The van der Waals surface area contributed by atoms with E-state index in [1.165, 1.54) is 35.3 Å². The van der Waals surface area contributed by atoms with Crippen LogP contribution < -0.4 is 10.6 Å². The van der Waals surface area contributed by atoms with Crippen LogP contribution in [0.4, 0.5) is 5.13 Å². The molecule has 1 aromatic carbocycles. The van der Waals surface area contributed by atoms with Gasteiger partial charge in [0.15, 0.2) is 5.13 Å². The maximum absolute atomic E-state index is 11.6. The summed E-state index contributed by atoms with van der Waals surface area (Å²) in [6.07, 6.45) is 3.61. The molecule has 0 unspecified atom stereocenters. The van der Waals surface area contributed by atoms with Crippen LogP contribution in [0, 0.1) is 6.92 Å². The Kier molecular flexibility index (Phi) is 5.56. The van der Waals surface area contributed by atoms with E-state index in [1.807, 2.05) is 6.92 Å². The van der Waals surface area contributed by atoms with Crippen molar-refractivity contribution in [3.05, 3.63) is 34.2 Å². The van der Waals surface area contributed by atoms with Crippen molar-refractivity contribution < 1.29 is 4.79 Å². The Morgan fingerprint density at radius 1 is 1.32 bits per heavy atom. The van der Waals surface area contributed by atoms with Gasteiger partial charge >= 0.3 is 0 Å². The van der Waals surface area contributed by atoms with E-state index in [-0.39, 0.29) is 18.3 Å². The summed E-state index contributed by atoms with van der Waals surface area (Å²) in [6, 6.07) is 6.62. The quantitative estimate of drug-likeness (QED) is 0.901. The predicted octanol–water partition coefficient (Wildman–Crippen LogP) is 3.19. The highest BCUT2D eigenvalue weighted by Crippen LogP contribution is 2.33. The lowest BCUT2D eigenvalue weighted by Crippen LogP contribution is -2.24. The molecule has 6 heteroatoms. The number of fused-ring (bicyclic) bond motifs is 1. The molecular weight excluding hydrogens is 318 g/mol. The number of hydrogen-bond donors (Lipinski definition) is 2. The van der Waals surface area contributed by atoms with Crippen molar-refractivity contribution in [2.75, 3.05) is 18.9 Å². The molecule has 1 aliphatic rings. The first-order valence-electron chi connectivity index (χ1n) is 7.21. The zero-order chi connectivity index (χ0) is 14.8. The summed E-state index contributed by atoms with van der Waals surface area (Å²) >= 11 is 1.53. The fourth-order valence-corrected chi connectivity index (χ4v) is 3.61. The molecule has 0 saturated carbocycles. The number of thiazole rings is 1. The molecule has 1 aromatic heterocycles. The van der Waals surface area contributed by atoms with Gasteiger partial charge in [0.1, 0.15) is 0 Å². The van der Waals surface area contributed by atoms with Crippen LogP contribution in [0.25, 0.3) is 11.3 Å². The standard InChI is InChI=1S/C16H19N3OS.ClH/c1-10-15(19-16(21-10)18-14(20)9-17-2)13-7-6-11-4-3-5-12(11)8-13;/h6-8,17H,3-5,9H2,1-2H3,(H,18,19,20);1H. The van der Waals surface area contributed by atoms with Gasteiger partial charge in [-0.25, -0.2) is 4.98 Å². The number of aryl methyl sites for hydroxylation is 3. The zero-order valence-electron chi connectivity index (χ0n) is 12.7. The van der Waals surface area contributed by atoms with Crippen molar-refractivity contribution in [2.45, 2.75) is 26.2 Å². The van der Waals surface area contributed by atoms with Crippen molar-refractivity contribution in [2.24, 2.45) is 0 Å². The van der Waals surface area contributed by atoms with Gasteiger partial charge in [0, 0.05) is 10.4 Å². The predicted molar refractivity (Wildman–Crippen MR) is 94.1 cm³/mol. The Morgan fingerprint density at radius 2 is 2.09 bits per heavy atom. The van der Waals surface area contributed by atoms with Crippen molar-refractivity contribution in [1.82, 2.24) is 10.3 Å². The maximum Gasteiger partial charge on any atom is 0.240 e. The lowest BCUT2D eigenvalue weighted by molar-refractivity contribution is -0.115. The smallest absolute Gasteiger partial charge is 0.240 e. The molecule has 2 N–H and O–H groups in total. The van der Waals surface area contributed by atoms with Crippen LogP contribution in [0.5, 0.6) is 0 Å². The van der Waals surface area contributed by atoms with Crippen molar-refractivity contribution >= 4 is 34.8 Å². The molecule has 0 atom stereocenters. The van der Waals surface area contributed by atoms with Crippen LogP contribution in [-0.2, 0) is 17.6 Å². The molecular formula is C16H20ClN3OS. The topological polar surface area (TPSA) is 54.0 Å². The number of nitrogens with zero attached hydrogens (tertiary/aromatic N) is 1. The number of anilines is 1. The third kappa shape index (κ3) is 3.48. The molecule has 1 heterocycles. The summed E-state index contributed by atoms with van der Waals surface area (Å²) < 4.78 is 0. The third-order valence-electron chi connectivity index (χ3n) is 3.75. The van der Waals surface area contributed by atoms with Crippen molar-refractivity contribution in [3.63, 3.8) is 0 Å². The lowest BCUT2D eigenvalue weighted by Gasteiger charge is -2.03. The van der Waals surface area contributed by atoms with E-state index in [4.69, 9.17) is 0 Å². The SMILES string of the molecule is CNCC(=O)Nc1nc(-c2ccc3c(c2)CCC3)c(C)s1.Cl. The second kappa shape index (κ2) is 7.22. The number of hydrogen-bond acceptors (Lipinski definition) is 4. The van der Waals surface area contributed by atoms with Crippen LogP contribution in [0.3, 0.4) is 0 Å². The number of carbonyl (C=O) groups is 1. The highest BCUT2D eigenvalue weighted by atomic mass is 35.5. The first-order valence-corrected chi connectivity index (χ1v) is 8.03. The molecule has 22 heavy (non-hydrogen) atoms. The molecule has 4 nitrogen and oxygen atoms in total. The number of nitrogens with one attached hydrogen (secondary N) is 2.